The third-order valence-electron chi connectivity index (χ3n) is 3.30. The molecule has 1 aromatic rings. The van der Waals surface area contributed by atoms with Crippen LogP contribution in [0.2, 0.25) is 0 Å². The molecule has 138 valence electrons. The van der Waals surface area contributed by atoms with Gasteiger partial charge in [0.1, 0.15) is 6.04 Å². The second kappa shape index (κ2) is 11.4. The zero-order valence-corrected chi connectivity index (χ0v) is 15.3. The molecule has 0 spiro atoms. The number of carboxylic acid groups (broad SMARTS) is 1. The van der Waals surface area contributed by atoms with Gasteiger partial charge in [0.25, 0.3) is 0 Å². The van der Waals surface area contributed by atoms with E-state index in [1.165, 1.54) is 11.8 Å². The smallest absolute Gasteiger partial charge is 0.315 e. The first-order valence-electron chi connectivity index (χ1n) is 8.05. The van der Waals surface area contributed by atoms with Gasteiger partial charge in [0, 0.05) is 18.8 Å². The van der Waals surface area contributed by atoms with Crippen molar-refractivity contribution >= 4 is 29.7 Å². The number of aliphatic carboxylic acids is 1. The molecule has 0 saturated carbocycles. The van der Waals surface area contributed by atoms with Gasteiger partial charge < -0.3 is 21.1 Å². The molecule has 1 aromatic carbocycles. The lowest BCUT2D eigenvalue weighted by atomic mass is 10.0. The Morgan fingerprint density at radius 1 is 1.12 bits per heavy atom. The minimum Gasteiger partial charge on any atom is -0.481 e. The fourth-order valence-electron chi connectivity index (χ4n) is 2.02. The van der Waals surface area contributed by atoms with Crippen LogP contribution in [0.4, 0.5) is 4.79 Å². The van der Waals surface area contributed by atoms with Crippen LogP contribution < -0.4 is 16.0 Å². The van der Waals surface area contributed by atoms with E-state index in [-0.39, 0.29) is 17.6 Å². The van der Waals surface area contributed by atoms with Crippen LogP contribution in [0.5, 0.6) is 0 Å². The van der Waals surface area contributed by atoms with Gasteiger partial charge >= 0.3 is 12.0 Å². The van der Waals surface area contributed by atoms with Gasteiger partial charge in [-0.05, 0) is 11.5 Å². The van der Waals surface area contributed by atoms with Crippen LogP contribution >= 0.6 is 11.8 Å². The van der Waals surface area contributed by atoms with Crippen molar-refractivity contribution in [3.63, 3.8) is 0 Å². The third-order valence-corrected chi connectivity index (χ3v) is 4.25. The number of nitrogens with one attached hydrogen (secondary N) is 3. The maximum absolute atomic E-state index is 12.2. The van der Waals surface area contributed by atoms with Crippen LogP contribution in [0.1, 0.15) is 19.4 Å². The summed E-state index contributed by atoms with van der Waals surface area (Å²) in [4.78, 5) is 34.6. The first kappa shape index (κ1) is 20.8. The Hall–Kier alpha value is -2.22. The molecule has 0 fully saturated rings. The molecular weight excluding hydrogens is 342 g/mol. The molecule has 0 aromatic heterocycles. The number of carbonyl (C=O) groups is 3. The number of hydrogen-bond acceptors (Lipinski definition) is 4. The van der Waals surface area contributed by atoms with Gasteiger partial charge in [0.15, 0.2) is 0 Å². The fraction of sp³-hybridized carbons (Fsp3) is 0.471. The van der Waals surface area contributed by atoms with E-state index < -0.39 is 18.0 Å². The topological polar surface area (TPSA) is 108 Å². The summed E-state index contributed by atoms with van der Waals surface area (Å²) in [5.41, 5.74) is 0.971. The Bertz CT molecular complexity index is 566. The van der Waals surface area contributed by atoms with Gasteiger partial charge in [-0.3, -0.25) is 9.59 Å². The number of hydrogen-bond donors (Lipinski definition) is 4. The maximum Gasteiger partial charge on any atom is 0.315 e. The molecule has 0 saturated heterocycles. The van der Waals surface area contributed by atoms with Crippen molar-refractivity contribution in [3.8, 4) is 0 Å². The summed E-state index contributed by atoms with van der Waals surface area (Å²) in [5.74, 6) is -0.727. The van der Waals surface area contributed by atoms with Crippen LogP contribution in [-0.2, 0) is 16.1 Å². The second-order valence-corrected chi connectivity index (χ2v) is 6.88. The average Bonchev–Trinajstić information content (AvgIpc) is 2.57. The predicted molar refractivity (Wildman–Crippen MR) is 98.4 cm³/mol. The lowest BCUT2D eigenvalue weighted by Crippen LogP contribution is -2.52. The number of carboxylic acids is 1. The molecule has 25 heavy (non-hydrogen) atoms. The molecule has 0 aliphatic carbocycles. The van der Waals surface area contributed by atoms with E-state index in [1.54, 1.807) is 0 Å². The molecule has 7 nitrogen and oxygen atoms in total. The SMILES string of the molecule is CC(C)C(NC(=O)NCc1ccccc1)C(=O)NCCSCC(=O)O. The van der Waals surface area contributed by atoms with Crippen molar-refractivity contribution in [3.05, 3.63) is 35.9 Å². The number of rotatable bonds is 10. The van der Waals surface area contributed by atoms with E-state index in [0.29, 0.717) is 18.8 Å². The van der Waals surface area contributed by atoms with Crippen molar-refractivity contribution in [1.29, 1.82) is 0 Å². The lowest BCUT2D eigenvalue weighted by Gasteiger charge is -2.22. The normalized spacial score (nSPS) is 11.6. The minimum absolute atomic E-state index is 0.00359. The Morgan fingerprint density at radius 2 is 1.80 bits per heavy atom. The zero-order chi connectivity index (χ0) is 18.7. The number of carbonyl (C=O) groups excluding carboxylic acids is 2. The Labute approximate surface area is 151 Å². The van der Waals surface area contributed by atoms with Gasteiger partial charge in [-0.15, -0.1) is 11.8 Å². The summed E-state index contributed by atoms with van der Waals surface area (Å²) in [7, 11) is 0. The van der Waals surface area contributed by atoms with Crippen LogP contribution in [0.15, 0.2) is 30.3 Å². The molecule has 3 amide bonds. The monoisotopic (exact) mass is 367 g/mol. The highest BCUT2D eigenvalue weighted by atomic mass is 32.2. The van der Waals surface area contributed by atoms with Crippen molar-refractivity contribution in [2.45, 2.75) is 26.4 Å². The van der Waals surface area contributed by atoms with Crippen LogP contribution in [0.3, 0.4) is 0 Å². The quantitative estimate of drug-likeness (QED) is 0.468. The molecule has 8 heteroatoms. The first-order chi connectivity index (χ1) is 11.9. The molecule has 0 heterocycles. The highest BCUT2D eigenvalue weighted by Crippen LogP contribution is 2.03. The van der Waals surface area contributed by atoms with E-state index in [2.05, 4.69) is 16.0 Å². The summed E-state index contributed by atoms with van der Waals surface area (Å²) >= 11 is 1.23. The molecule has 1 atom stereocenters. The summed E-state index contributed by atoms with van der Waals surface area (Å²) in [6.45, 7) is 4.43. The molecule has 4 N–H and O–H groups in total. The van der Waals surface area contributed by atoms with Crippen LogP contribution in [0.25, 0.3) is 0 Å². The molecule has 1 rings (SSSR count). The molecule has 0 aliphatic heterocycles. The standard InChI is InChI=1S/C17H25N3O4S/c1-12(2)15(16(23)18-8-9-25-11-14(21)22)20-17(24)19-10-13-6-4-3-5-7-13/h3-7,12,15H,8-11H2,1-2H3,(H,18,23)(H,21,22)(H2,19,20,24). The van der Waals surface area contributed by atoms with Gasteiger partial charge in [-0.2, -0.15) is 0 Å². The summed E-state index contributed by atoms with van der Waals surface area (Å²) in [6.07, 6.45) is 0. The van der Waals surface area contributed by atoms with E-state index in [0.717, 1.165) is 5.56 Å². The van der Waals surface area contributed by atoms with Gasteiger partial charge in [0.2, 0.25) is 5.91 Å². The fourth-order valence-corrected chi connectivity index (χ4v) is 2.59. The zero-order valence-electron chi connectivity index (χ0n) is 14.5. The molecular formula is C17H25N3O4S. The van der Waals surface area contributed by atoms with Crippen molar-refractivity contribution in [2.75, 3.05) is 18.1 Å². The van der Waals surface area contributed by atoms with Crippen molar-refractivity contribution < 1.29 is 19.5 Å². The number of thioether (sulfide) groups is 1. The summed E-state index contributed by atoms with van der Waals surface area (Å²) in [6, 6.07) is 8.43. The largest absolute Gasteiger partial charge is 0.481 e. The Kier molecular flexibility index (Phi) is 9.46. The predicted octanol–water partition coefficient (Wildman–Crippen LogP) is 1.44. The van der Waals surface area contributed by atoms with Crippen molar-refractivity contribution in [2.24, 2.45) is 5.92 Å². The van der Waals surface area contributed by atoms with E-state index >= 15 is 0 Å². The Balaban J connectivity index is 2.37. The summed E-state index contributed by atoms with van der Waals surface area (Å²) < 4.78 is 0. The van der Waals surface area contributed by atoms with Gasteiger partial charge in [0.05, 0.1) is 5.75 Å². The Morgan fingerprint density at radius 3 is 2.40 bits per heavy atom. The highest BCUT2D eigenvalue weighted by molar-refractivity contribution is 7.99. The van der Waals surface area contributed by atoms with E-state index in [1.807, 2.05) is 44.2 Å². The molecule has 0 bridgehead atoms. The number of urea groups is 1. The molecule has 0 aliphatic rings. The average molecular weight is 367 g/mol. The maximum atomic E-state index is 12.2. The minimum atomic E-state index is -0.881. The van der Waals surface area contributed by atoms with Crippen LogP contribution in [-0.4, -0.2) is 47.1 Å². The van der Waals surface area contributed by atoms with E-state index in [9.17, 15) is 14.4 Å². The van der Waals surface area contributed by atoms with Crippen molar-refractivity contribution in [1.82, 2.24) is 16.0 Å². The van der Waals surface area contributed by atoms with Gasteiger partial charge in [-0.25, -0.2) is 4.79 Å². The highest BCUT2D eigenvalue weighted by Gasteiger charge is 2.23. The number of amides is 3. The van der Waals surface area contributed by atoms with Crippen LogP contribution in [0, 0.1) is 5.92 Å². The lowest BCUT2D eigenvalue weighted by molar-refractivity contribution is -0.133. The number of benzene rings is 1. The summed E-state index contributed by atoms with van der Waals surface area (Å²) in [5, 5.41) is 16.7. The van der Waals surface area contributed by atoms with E-state index in [4.69, 9.17) is 5.11 Å². The molecule has 1 unspecified atom stereocenters. The first-order valence-corrected chi connectivity index (χ1v) is 9.21. The third kappa shape index (κ3) is 8.99. The molecule has 0 radical (unpaired) electrons. The van der Waals surface area contributed by atoms with Gasteiger partial charge in [-0.1, -0.05) is 44.2 Å². The second-order valence-electron chi connectivity index (χ2n) is 5.77.